The normalized spacial score (nSPS) is 10.3. The highest BCUT2D eigenvalue weighted by Crippen LogP contribution is 2.29. The van der Waals surface area contributed by atoms with Gasteiger partial charge in [-0.1, -0.05) is 24.2 Å². The number of nitrogens with zero attached hydrogens (tertiary/aromatic N) is 2. The molecule has 16 heavy (non-hydrogen) atoms. The van der Waals surface area contributed by atoms with E-state index in [9.17, 15) is 10.1 Å². The highest BCUT2D eigenvalue weighted by molar-refractivity contribution is 5.69. The Morgan fingerprint density at radius 2 is 2.19 bits per heavy atom. The van der Waals surface area contributed by atoms with Gasteiger partial charge < -0.3 is 4.52 Å². The highest BCUT2D eigenvalue weighted by atomic mass is 16.6. The predicted molar refractivity (Wildman–Crippen MR) is 58.0 cm³/mol. The SMILES string of the molecule is CCc1cc(-c2ccccc2[N+](=O)[O-])on1. The molecule has 0 atom stereocenters. The lowest BCUT2D eigenvalue weighted by Gasteiger charge is -1.96. The average molecular weight is 218 g/mol. The van der Waals surface area contributed by atoms with Crippen LogP contribution in [0.2, 0.25) is 0 Å². The second-order valence-electron chi connectivity index (χ2n) is 3.31. The van der Waals surface area contributed by atoms with Crippen LogP contribution in [0.15, 0.2) is 34.9 Å². The van der Waals surface area contributed by atoms with Crippen molar-refractivity contribution < 1.29 is 9.45 Å². The lowest BCUT2D eigenvalue weighted by atomic mass is 10.1. The first-order chi connectivity index (χ1) is 7.72. The van der Waals surface area contributed by atoms with Crippen molar-refractivity contribution >= 4 is 5.69 Å². The van der Waals surface area contributed by atoms with Crippen LogP contribution in [0.25, 0.3) is 11.3 Å². The van der Waals surface area contributed by atoms with E-state index in [0.29, 0.717) is 11.3 Å². The molecule has 0 radical (unpaired) electrons. The topological polar surface area (TPSA) is 69.2 Å². The van der Waals surface area contributed by atoms with E-state index in [-0.39, 0.29) is 5.69 Å². The molecule has 0 fully saturated rings. The maximum absolute atomic E-state index is 10.8. The minimum Gasteiger partial charge on any atom is -0.356 e. The summed E-state index contributed by atoms with van der Waals surface area (Å²) in [6, 6.07) is 8.18. The van der Waals surface area contributed by atoms with Gasteiger partial charge in [0.1, 0.15) is 0 Å². The Morgan fingerprint density at radius 1 is 1.44 bits per heavy atom. The van der Waals surface area contributed by atoms with Crippen molar-refractivity contribution in [3.8, 4) is 11.3 Å². The first-order valence-electron chi connectivity index (χ1n) is 4.91. The summed E-state index contributed by atoms with van der Waals surface area (Å²) < 4.78 is 5.08. The van der Waals surface area contributed by atoms with Gasteiger partial charge in [0.15, 0.2) is 5.76 Å². The monoisotopic (exact) mass is 218 g/mol. The maximum Gasteiger partial charge on any atom is 0.280 e. The van der Waals surface area contributed by atoms with Crippen molar-refractivity contribution in [2.75, 3.05) is 0 Å². The van der Waals surface area contributed by atoms with Gasteiger partial charge in [0.25, 0.3) is 5.69 Å². The van der Waals surface area contributed by atoms with Crippen molar-refractivity contribution in [3.05, 3.63) is 46.1 Å². The van der Waals surface area contributed by atoms with Crippen LogP contribution in [0.5, 0.6) is 0 Å². The molecule has 0 saturated carbocycles. The molecule has 0 saturated heterocycles. The third kappa shape index (κ3) is 1.79. The molecule has 0 bridgehead atoms. The van der Waals surface area contributed by atoms with E-state index in [1.807, 2.05) is 6.92 Å². The molecular formula is C11H10N2O3. The predicted octanol–water partition coefficient (Wildman–Crippen LogP) is 2.81. The number of benzene rings is 1. The summed E-state index contributed by atoms with van der Waals surface area (Å²) in [5.41, 5.74) is 1.27. The molecule has 0 unspecified atom stereocenters. The van der Waals surface area contributed by atoms with Gasteiger partial charge in [-0.15, -0.1) is 0 Å². The lowest BCUT2D eigenvalue weighted by Crippen LogP contribution is -1.90. The third-order valence-corrected chi connectivity index (χ3v) is 2.29. The van der Waals surface area contributed by atoms with Crippen LogP contribution in [0.1, 0.15) is 12.6 Å². The molecule has 0 aliphatic rings. The molecule has 1 heterocycles. The molecule has 0 spiro atoms. The van der Waals surface area contributed by atoms with Crippen molar-refractivity contribution in [1.29, 1.82) is 0 Å². The van der Waals surface area contributed by atoms with Gasteiger partial charge in [-0.25, -0.2) is 0 Å². The molecule has 1 aromatic heterocycles. The van der Waals surface area contributed by atoms with Gasteiger partial charge in [-0.05, 0) is 12.5 Å². The van der Waals surface area contributed by atoms with Gasteiger partial charge in [0.2, 0.25) is 0 Å². The molecule has 1 aromatic carbocycles. The van der Waals surface area contributed by atoms with Gasteiger partial charge in [0.05, 0.1) is 16.2 Å². The Balaban J connectivity index is 2.50. The summed E-state index contributed by atoms with van der Waals surface area (Å²) >= 11 is 0. The summed E-state index contributed by atoms with van der Waals surface area (Å²) in [6.45, 7) is 1.95. The van der Waals surface area contributed by atoms with E-state index in [2.05, 4.69) is 5.16 Å². The molecule has 5 heteroatoms. The fraction of sp³-hybridized carbons (Fsp3) is 0.182. The Hall–Kier alpha value is -2.17. The number of nitro benzene ring substituents is 1. The number of rotatable bonds is 3. The number of para-hydroxylation sites is 1. The number of hydrogen-bond acceptors (Lipinski definition) is 4. The van der Waals surface area contributed by atoms with Crippen LogP contribution >= 0.6 is 0 Å². The van der Waals surface area contributed by atoms with Crippen LogP contribution in [0.4, 0.5) is 5.69 Å². The second kappa shape index (κ2) is 4.14. The molecule has 5 nitrogen and oxygen atoms in total. The molecular weight excluding hydrogens is 208 g/mol. The molecule has 0 aliphatic heterocycles. The Labute approximate surface area is 91.8 Å². The first kappa shape index (κ1) is 10.4. The van der Waals surface area contributed by atoms with Crippen LogP contribution in [-0.2, 0) is 6.42 Å². The van der Waals surface area contributed by atoms with Crippen LogP contribution in [-0.4, -0.2) is 10.1 Å². The van der Waals surface area contributed by atoms with Crippen molar-refractivity contribution in [2.24, 2.45) is 0 Å². The largest absolute Gasteiger partial charge is 0.356 e. The summed E-state index contributed by atoms with van der Waals surface area (Å²) in [4.78, 5) is 10.4. The second-order valence-corrected chi connectivity index (χ2v) is 3.31. The minimum absolute atomic E-state index is 0.0290. The Bertz CT molecular complexity index is 519. The van der Waals surface area contributed by atoms with Gasteiger partial charge in [0, 0.05) is 12.1 Å². The zero-order valence-corrected chi connectivity index (χ0v) is 8.71. The van der Waals surface area contributed by atoms with Crippen molar-refractivity contribution in [1.82, 2.24) is 5.16 Å². The van der Waals surface area contributed by atoms with E-state index in [4.69, 9.17) is 4.52 Å². The summed E-state index contributed by atoms with van der Waals surface area (Å²) in [5.74, 6) is 0.434. The molecule has 2 aromatic rings. The van der Waals surface area contributed by atoms with E-state index in [1.165, 1.54) is 6.07 Å². The van der Waals surface area contributed by atoms with Crippen LogP contribution in [0, 0.1) is 10.1 Å². The highest BCUT2D eigenvalue weighted by Gasteiger charge is 2.17. The number of aryl methyl sites for hydroxylation is 1. The zero-order chi connectivity index (χ0) is 11.5. The third-order valence-electron chi connectivity index (χ3n) is 2.29. The molecule has 82 valence electrons. The van der Waals surface area contributed by atoms with E-state index in [1.54, 1.807) is 24.3 Å². The average Bonchev–Trinajstić information content (AvgIpc) is 2.77. The number of nitro groups is 1. The van der Waals surface area contributed by atoms with Crippen molar-refractivity contribution in [3.63, 3.8) is 0 Å². The van der Waals surface area contributed by atoms with E-state index in [0.717, 1.165) is 12.1 Å². The smallest absolute Gasteiger partial charge is 0.280 e. The van der Waals surface area contributed by atoms with Gasteiger partial charge in [-0.3, -0.25) is 10.1 Å². The lowest BCUT2D eigenvalue weighted by molar-refractivity contribution is -0.384. The van der Waals surface area contributed by atoms with E-state index >= 15 is 0 Å². The minimum atomic E-state index is -0.427. The van der Waals surface area contributed by atoms with Crippen LogP contribution in [0.3, 0.4) is 0 Å². The van der Waals surface area contributed by atoms with Crippen LogP contribution < -0.4 is 0 Å². The zero-order valence-electron chi connectivity index (χ0n) is 8.71. The molecule has 0 N–H and O–H groups in total. The quantitative estimate of drug-likeness (QED) is 0.586. The molecule has 0 amide bonds. The molecule has 0 aliphatic carbocycles. The summed E-state index contributed by atoms with van der Waals surface area (Å²) in [6.07, 6.45) is 0.740. The fourth-order valence-electron chi connectivity index (χ4n) is 1.45. The Morgan fingerprint density at radius 3 is 2.81 bits per heavy atom. The number of hydrogen-bond donors (Lipinski definition) is 0. The van der Waals surface area contributed by atoms with Gasteiger partial charge >= 0.3 is 0 Å². The molecule has 2 rings (SSSR count). The van der Waals surface area contributed by atoms with Crippen molar-refractivity contribution in [2.45, 2.75) is 13.3 Å². The van der Waals surface area contributed by atoms with Gasteiger partial charge in [-0.2, -0.15) is 0 Å². The summed E-state index contributed by atoms with van der Waals surface area (Å²) in [7, 11) is 0. The maximum atomic E-state index is 10.8. The first-order valence-corrected chi connectivity index (χ1v) is 4.91. The number of aromatic nitrogens is 1. The van der Waals surface area contributed by atoms with E-state index < -0.39 is 4.92 Å². The Kier molecular flexibility index (Phi) is 2.68. The fourth-order valence-corrected chi connectivity index (χ4v) is 1.45. The summed E-state index contributed by atoms with van der Waals surface area (Å²) in [5, 5.41) is 14.6. The standard InChI is InChI=1S/C11H10N2O3/c1-2-8-7-11(16-12-8)9-5-3-4-6-10(9)13(14)15/h3-7H,2H2,1H3.